The van der Waals surface area contributed by atoms with Gasteiger partial charge < -0.3 is 14.2 Å². The van der Waals surface area contributed by atoms with Gasteiger partial charge in [0, 0.05) is 0 Å². The van der Waals surface area contributed by atoms with E-state index in [0.717, 1.165) is 11.8 Å². The highest BCUT2D eigenvalue weighted by molar-refractivity contribution is 8.26. The summed E-state index contributed by atoms with van der Waals surface area (Å²) in [5.74, 6) is 1.17. The van der Waals surface area contributed by atoms with Gasteiger partial charge in [-0.05, 0) is 30.2 Å². The average molecular weight is 430 g/mol. The number of thiocarbonyl (C=S) groups is 1. The van der Waals surface area contributed by atoms with Gasteiger partial charge in [-0.25, -0.2) is 8.42 Å². The predicted octanol–water partition coefficient (Wildman–Crippen LogP) is 2.10. The van der Waals surface area contributed by atoms with Crippen LogP contribution in [0.4, 0.5) is 0 Å². The molecule has 0 saturated carbocycles. The second-order valence-corrected chi connectivity index (χ2v) is 9.97. The highest BCUT2D eigenvalue weighted by atomic mass is 32.2. The fraction of sp³-hybridized carbons (Fsp3) is 0.412. The van der Waals surface area contributed by atoms with Crippen molar-refractivity contribution < 1.29 is 27.4 Å². The summed E-state index contributed by atoms with van der Waals surface area (Å²) in [4.78, 5) is 14.7. The van der Waals surface area contributed by atoms with E-state index in [1.807, 2.05) is 0 Å². The number of ether oxygens (including phenoxy) is 3. The van der Waals surface area contributed by atoms with Gasteiger partial charge in [-0.2, -0.15) is 0 Å². The molecule has 2 fully saturated rings. The SMILES string of the molecule is COc1cc(C=C2SC(=S)N(C3CCS(=O)(=O)C3)C2=O)cc(OC)c1OC. The van der Waals surface area contributed by atoms with Gasteiger partial charge in [0.1, 0.15) is 4.32 Å². The van der Waals surface area contributed by atoms with E-state index >= 15 is 0 Å². The number of amides is 1. The lowest BCUT2D eigenvalue weighted by Gasteiger charge is -2.20. The lowest BCUT2D eigenvalue weighted by Crippen LogP contribution is -2.39. The molecule has 2 heterocycles. The van der Waals surface area contributed by atoms with Crippen molar-refractivity contribution in [2.45, 2.75) is 12.5 Å². The van der Waals surface area contributed by atoms with Crippen molar-refractivity contribution in [3.63, 3.8) is 0 Å². The standard InChI is InChI=1S/C17H19NO6S3/c1-22-12-6-10(7-13(23-2)15(12)24-3)8-14-16(19)18(17(25)26-14)11-4-5-27(20,21)9-11/h6-8,11H,4-5,9H2,1-3H3. The second-order valence-electron chi connectivity index (χ2n) is 6.07. The second kappa shape index (κ2) is 7.69. The van der Waals surface area contributed by atoms with E-state index in [1.165, 1.54) is 26.2 Å². The summed E-state index contributed by atoms with van der Waals surface area (Å²) in [6, 6.07) is 3.07. The summed E-state index contributed by atoms with van der Waals surface area (Å²) < 4.78 is 39.8. The molecule has 2 saturated heterocycles. The zero-order valence-corrected chi connectivity index (χ0v) is 17.5. The van der Waals surface area contributed by atoms with Crippen molar-refractivity contribution in [2.24, 2.45) is 0 Å². The molecular weight excluding hydrogens is 410 g/mol. The number of hydrogen-bond acceptors (Lipinski definition) is 8. The van der Waals surface area contributed by atoms with Crippen molar-refractivity contribution >= 4 is 50.1 Å². The number of methoxy groups -OCH3 is 3. The Kier molecular flexibility index (Phi) is 5.68. The number of carbonyl (C=O) groups excluding carboxylic acids is 1. The van der Waals surface area contributed by atoms with Crippen LogP contribution in [0.15, 0.2) is 17.0 Å². The predicted molar refractivity (Wildman–Crippen MR) is 108 cm³/mol. The molecule has 1 atom stereocenters. The molecule has 3 rings (SSSR count). The number of benzene rings is 1. The van der Waals surface area contributed by atoms with Crippen LogP contribution < -0.4 is 14.2 Å². The van der Waals surface area contributed by atoms with Gasteiger partial charge in [-0.3, -0.25) is 9.69 Å². The highest BCUT2D eigenvalue weighted by Gasteiger charge is 2.42. The Bertz CT molecular complexity index is 900. The number of sulfone groups is 1. The zero-order valence-electron chi connectivity index (χ0n) is 15.1. The number of carbonyl (C=O) groups is 1. The number of nitrogens with zero attached hydrogens (tertiary/aromatic N) is 1. The van der Waals surface area contributed by atoms with Gasteiger partial charge in [0.15, 0.2) is 21.3 Å². The number of hydrogen-bond donors (Lipinski definition) is 0. The van der Waals surface area contributed by atoms with Gasteiger partial charge in [0.05, 0.1) is 43.8 Å². The van der Waals surface area contributed by atoms with Crippen LogP contribution in [0.3, 0.4) is 0 Å². The van der Waals surface area contributed by atoms with E-state index in [0.29, 0.717) is 38.5 Å². The molecule has 146 valence electrons. The molecule has 0 aromatic heterocycles. The summed E-state index contributed by atoms with van der Waals surface area (Å²) in [6.07, 6.45) is 2.10. The highest BCUT2D eigenvalue weighted by Crippen LogP contribution is 2.41. The van der Waals surface area contributed by atoms with Crippen molar-refractivity contribution in [1.29, 1.82) is 0 Å². The third-order valence-electron chi connectivity index (χ3n) is 4.38. The molecule has 0 N–H and O–H groups in total. The van der Waals surface area contributed by atoms with Crippen LogP contribution in [0.2, 0.25) is 0 Å². The average Bonchev–Trinajstić information content (AvgIpc) is 3.12. The number of rotatable bonds is 5. The van der Waals surface area contributed by atoms with Gasteiger partial charge in [0.2, 0.25) is 5.75 Å². The van der Waals surface area contributed by atoms with Gasteiger partial charge in [-0.1, -0.05) is 24.0 Å². The maximum atomic E-state index is 12.8. The Morgan fingerprint density at radius 1 is 1.19 bits per heavy atom. The molecule has 0 radical (unpaired) electrons. The van der Waals surface area contributed by atoms with Gasteiger partial charge >= 0.3 is 0 Å². The molecule has 0 bridgehead atoms. The topological polar surface area (TPSA) is 82.1 Å². The van der Waals surface area contributed by atoms with Crippen molar-refractivity contribution in [3.05, 3.63) is 22.6 Å². The van der Waals surface area contributed by atoms with Crippen LogP contribution in [-0.4, -0.2) is 62.4 Å². The molecule has 10 heteroatoms. The third-order valence-corrected chi connectivity index (χ3v) is 7.46. The lowest BCUT2D eigenvalue weighted by molar-refractivity contribution is -0.123. The van der Waals surface area contributed by atoms with Crippen LogP contribution in [0.1, 0.15) is 12.0 Å². The van der Waals surface area contributed by atoms with E-state index in [2.05, 4.69) is 0 Å². The fourth-order valence-corrected chi connectivity index (χ4v) is 6.21. The van der Waals surface area contributed by atoms with Crippen LogP contribution in [0.5, 0.6) is 17.2 Å². The first-order valence-electron chi connectivity index (χ1n) is 8.07. The summed E-state index contributed by atoms with van der Waals surface area (Å²) in [5.41, 5.74) is 0.684. The minimum Gasteiger partial charge on any atom is -0.493 e. The molecule has 0 spiro atoms. The Morgan fingerprint density at radius 3 is 2.30 bits per heavy atom. The smallest absolute Gasteiger partial charge is 0.266 e. The molecule has 2 aliphatic rings. The summed E-state index contributed by atoms with van der Waals surface area (Å²) in [7, 11) is 1.43. The first kappa shape index (κ1) is 20.0. The third kappa shape index (κ3) is 3.92. The first-order chi connectivity index (χ1) is 12.8. The maximum absolute atomic E-state index is 12.8. The monoisotopic (exact) mass is 429 g/mol. The van der Waals surface area contributed by atoms with Crippen molar-refractivity contribution in [1.82, 2.24) is 4.90 Å². The summed E-state index contributed by atoms with van der Waals surface area (Å²) >= 11 is 6.48. The van der Waals surface area contributed by atoms with E-state index in [-0.39, 0.29) is 17.4 Å². The van der Waals surface area contributed by atoms with Crippen LogP contribution >= 0.6 is 24.0 Å². The van der Waals surface area contributed by atoms with Crippen LogP contribution in [0, 0.1) is 0 Å². The Hall–Kier alpha value is -1.78. The Labute approximate surface area is 167 Å². The van der Waals surface area contributed by atoms with Gasteiger partial charge in [-0.15, -0.1) is 0 Å². The van der Waals surface area contributed by atoms with E-state index in [4.69, 9.17) is 26.4 Å². The Morgan fingerprint density at radius 2 is 1.81 bits per heavy atom. The molecule has 1 aromatic carbocycles. The quantitative estimate of drug-likeness (QED) is 0.520. The first-order valence-corrected chi connectivity index (χ1v) is 11.1. The molecule has 1 aromatic rings. The van der Waals surface area contributed by atoms with E-state index < -0.39 is 15.9 Å². The maximum Gasteiger partial charge on any atom is 0.266 e. The largest absolute Gasteiger partial charge is 0.493 e. The minimum atomic E-state index is -3.11. The van der Waals surface area contributed by atoms with Crippen molar-refractivity contribution in [3.8, 4) is 17.2 Å². The lowest BCUT2D eigenvalue weighted by atomic mass is 10.1. The molecule has 0 aliphatic carbocycles. The molecule has 1 unspecified atom stereocenters. The normalized spacial score (nSPS) is 23.1. The summed E-state index contributed by atoms with van der Waals surface area (Å²) in [6.45, 7) is 0. The van der Waals surface area contributed by atoms with Gasteiger partial charge in [0.25, 0.3) is 5.91 Å². The molecule has 2 aliphatic heterocycles. The number of thioether (sulfide) groups is 1. The van der Waals surface area contributed by atoms with E-state index in [9.17, 15) is 13.2 Å². The Balaban J connectivity index is 1.92. The van der Waals surface area contributed by atoms with E-state index in [1.54, 1.807) is 18.2 Å². The fourth-order valence-electron chi connectivity index (χ4n) is 3.11. The molecular formula is C17H19NO6S3. The minimum absolute atomic E-state index is 0.0447. The zero-order chi connectivity index (χ0) is 19.8. The molecule has 27 heavy (non-hydrogen) atoms. The molecule has 7 nitrogen and oxygen atoms in total. The van der Waals surface area contributed by atoms with Crippen LogP contribution in [-0.2, 0) is 14.6 Å². The summed E-state index contributed by atoms with van der Waals surface area (Å²) in [5, 5.41) is 0. The van der Waals surface area contributed by atoms with Crippen LogP contribution in [0.25, 0.3) is 6.08 Å². The molecule has 1 amide bonds. The van der Waals surface area contributed by atoms with Crippen molar-refractivity contribution in [2.75, 3.05) is 32.8 Å².